The fraction of sp³-hybridized carbons (Fsp3) is 0.923. The van der Waals surface area contributed by atoms with Crippen LogP contribution < -0.4 is 4.57 Å². The van der Waals surface area contributed by atoms with Crippen molar-refractivity contribution in [3.63, 3.8) is 0 Å². The number of hydrogen-bond donors (Lipinski definition) is 0. The van der Waals surface area contributed by atoms with Crippen molar-refractivity contribution in [1.29, 1.82) is 0 Å². The summed E-state index contributed by atoms with van der Waals surface area (Å²) in [5.41, 5.74) is 0. The van der Waals surface area contributed by atoms with Gasteiger partial charge in [0.2, 0.25) is 0 Å². The fourth-order valence-electron chi connectivity index (χ4n) is 6.50. The van der Waals surface area contributed by atoms with Gasteiger partial charge < -0.3 is 0 Å². The minimum absolute atomic E-state index is 1.22. The highest BCUT2D eigenvalue weighted by Gasteiger charge is 2.16. The lowest BCUT2D eigenvalue weighted by molar-refractivity contribution is -0.704. The zero-order chi connectivity index (χ0) is 29.5. The van der Waals surface area contributed by atoms with Gasteiger partial charge >= 0.3 is 0 Å². The highest BCUT2D eigenvalue weighted by atomic mass is 15.1. The number of aryl methyl sites for hydroxylation is 2. The summed E-state index contributed by atoms with van der Waals surface area (Å²) < 4.78 is 5.21. The lowest BCUT2D eigenvalue weighted by Gasteiger charge is -2.07. The second-order valence-corrected chi connectivity index (χ2v) is 13.4. The molecule has 0 bridgehead atoms. The summed E-state index contributed by atoms with van der Waals surface area (Å²) in [6.07, 6.45) is 49.0. The molecule has 1 aromatic heterocycles. The Kier molecular flexibility index (Phi) is 28.6. The van der Waals surface area contributed by atoms with E-state index in [1.165, 1.54) is 212 Å². The number of aromatic nitrogens is 2. The SMILES string of the molecule is CCCCCCCCCCCCCCCCCc1n(CCCCCCCCCCCCCC)cc[n+]1CCCCC. The van der Waals surface area contributed by atoms with Crippen molar-refractivity contribution >= 4 is 0 Å². The molecule has 0 aliphatic heterocycles. The van der Waals surface area contributed by atoms with Crippen molar-refractivity contribution in [3.05, 3.63) is 18.2 Å². The van der Waals surface area contributed by atoms with Crippen LogP contribution in [0.2, 0.25) is 0 Å². The minimum atomic E-state index is 1.22. The van der Waals surface area contributed by atoms with Gasteiger partial charge in [0.15, 0.2) is 0 Å². The number of imidazole rings is 1. The largest absolute Gasteiger partial charge is 0.256 e. The maximum Gasteiger partial charge on any atom is 0.256 e. The van der Waals surface area contributed by atoms with Crippen LogP contribution in [0.15, 0.2) is 12.4 Å². The fourth-order valence-corrected chi connectivity index (χ4v) is 6.50. The Hall–Kier alpha value is -0.790. The van der Waals surface area contributed by atoms with Crippen molar-refractivity contribution < 1.29 is 4.57 Å². The van der Waals surface area contributed by atoms with Crippen LogP contribution in [-0.4, -0.2) is 4.57 Å². The summed E-state index contributed by atoms with van der Waals surface area (Å²) in [4.78, 5) is 0. The summed E-state index contributed by atoms with van der Waals surface area (Å²) in [5, 5.41) is 0. The Labute approximate surface area is 259 Å². The summed E-state index contributed by atoms with van der Waals surface area (Å²) >= 11 is 0. The van der Waals surface area contributed by atoms with Crippen molar-refractivity contribution in [2.45, 2.75) is 233 Å². The van der Waals surface area contributed by atoms with Gasteiger partial charge in [-0.3, -0.25) is 0 Å². The Morgan fingerprint density at radius 2 is 0.756 bits per heavy atom. The molecule has 41 heavy (non-hydrogen) atoms. The van der Waals surface area contributed by atoms with Gasteiger partial charge in [0.05, 0.1) is 13.1 Å². The number of rotatable bonds is 33. The molecule has 0 saturated heterocycles. The maximum atomic E-state index is 2.62. The lowest BCUT2D eigenvalue weighted by atomic mass is 10.0. The average Bonchev–Trinajstić information content (AvgIpc) is 3.36. The van der Waals surface area contributed by atoms with E-state index in [0.717, 1.165) is 0 Å². The standard InChI is InChI=1S/C39H77N2/c1-4-7-10-12-14-16-18-20-21-22-23-25-27-29-31-34-39-40(35-32-9-6-3)37-38-41(39)36-33-30-28-26-24-19-17-15-13-11-8-5-2/h37-38H,4-36H2,1-3H3/q+1. The second kappa shape index (κ2) is 30.7. The second-order valence-electron chi connectivity index (χ2n) is 13.4. The molecule has 1 rings (SSSR count). The first-order valence-corrected chi connectivity index (χ1v) is 19.4. The predicted octanol–water partition coefficient (Wildman–Crippen LogP) is 13.1. The van der Waals surface area contributed by atoms with Crippen LogP contribution in [0.4, 0.5) is 0 Å². The molecule has 0 aliphatic rings. The molecule has 0 unspecified atom stereocenters. The molecule has 1 heterocycles. The van der Waals surface area contributed by atoms with E-state index in [1.807, 2.05) is 0 Å². The average molecular weight is 574 g/mol. The molecule has 0 aromatic carbocycles. The maximum absolute atomic E-state index is 2.62. The Morgan fingerprint density at radius 1 is 0.415 bits per heavy atom. The minimum Gasteiger partial charge on any atom is -0.234 e. The Balaban J connectivity index is 2.14. The number of hydrogen-bond acceptors (Lipinski definition) is 0. The molecule has 0 radical (unpaired) electrons. The van der Waals surface area contributed by atoms with Gasteiger partial charge in [-0.05, 0) is 32.1 Å². The van der Waals surface area contributed by atoms with Crippen LogP contribution in [0.1, 0.15) is 219 Å². The lowest BCUT2D eigenvalue weighted by Crippen LogP contribution is -2.37. The van der Waals surface area contributed by atoms with Gasteiger partial charge in [-0.1, -0.05) is 181 Å². The monoisotopic (exact) mass is 574 g/mol. The molecule has 1 aromatic rings. The third-order valence-corrected chi connectivity index (χ3v) is 9.35. The normalized spacial score (nSPS) is 11.6. The first-order valence-electron chi connectivity index (χ1n) is 19.4. The van der Waals surface area contributed by atoms with E-state index >= 15 is 0 Å². The van der Waals surface area contributed by atoms with Gasteiger partial charge in [-0.2, -0.15) is 0 Å². The number of unbranched alkanes of at least 4 members (excludes halogenated alkanes) is 27. The van der Waals surface area contributed by atoms with Crippen LogP contribution in [0.25, 0.3) is 0 Å². The topological polar surface area (TPSA) is 8.81 Å². The van der Waals surface area contributed by atoms with Crippen molar-refractivity contribution in [3.8, 4) is 0 Å². The molecular weight excluding hydrogens is 496 g/mol. The van der Waals surface area contributed by atoms with E-state index in [9.17, 15) is 0 Å². The van der Waals surface area contributed by atoms with Crippen LogP contribution in [0.3, 0.4) is 0 Å². The van der Waals surface area contributed by atoms with E-state index in [-0.39, 0.29) is 0 Å². The Morgan fingerprint density at radius 3 is 1.17 bits per heavy atom. The third kappa shape index (κ3) is 23.4. The molecule has 0 N–H and O–H groups in total. The van der Waals surface area contributed by atoms with Gasteiger partial charge in [-0.15, -0.1) is 0 Å². The summed E-state index contributed by atoms with van der Waals surface area (Å²) in [5.74, 6) is 1.61. The third-order valence-electron chi connectivity index (χ3n) is 9.35. The van der Waals surface area contributed by atoms with Crippen molar-refractivity contribution in [2.75, 3.05) is 0 Å². The van der Waals surface area contributed by atoms with Gasteiger partial charge in [-0.25, -0.2) is 9.13 Å². The highest BCUT2D eigenvalue weighted by molar-refractivity contribution is 4.84. The van der Waals surface area contributed by atoms with Crippen LogP contribution in [-0.2, 0) is 19.5 Å². The quantitative estimate of drug-likeness (QED) is 0.0584. The molecule has 0 atom stereocenters. The molecule has 0 aliphatic carbocycles. The summed E-state index contributed by atoms with van der Waals surface area (Å²) in [7, 11) is 0. The van der Waals surface area contributed by atoms with Crippen LogP contribution in [0.5, 0.6) is 0 Å². The first kappa shape index (κ1) is 38.2. The predicted molar refractivity (Wildman–Crippen MR) is 184 cm³/mol. The van der Waals surface area contributed by atoms with E-state index in [0.29, 0.717) is 0 Å². The molecule has 0 saturated carbocycles. The van der Waals surface area contributed by atoms with Crippen LogP contribution in [0, 0.1) is 0 Å². The first-order chi connectivity index (χ1) is 20.3. The van der Waals surface area contributed by atoms with Gasteiger partial charge in [0.25, 0.3) is 5.82 Å². The molecular formula is C39H77N2+. The molecule has 0 spiro atoms. The van der Waals surface area contributed by atoms with Crippen molar-refractivity contribution in [1.82, 2.24) is 4.57 Å². The Bertz CT molecular complexity index is 634. The summed E-state index contributed by atoms with van der Waals surface area (Å²) in [6.45, 7) is 9.38. The van der Waals surface area contributed by atoms with Crippen molar-refractivity contribution in [2.24, 2.45) is 0 Å². The summed E-state index contributed by atoms with van der Waals surface area (Å²) in [6, 6.07) is 0. The zero-order valence-electron chi connectivity index (χ0n) is 28.9. The van der Waals surface area contributed by atoms with E-state index in [2.05, 4.69) is 42.3 Å². The van der Waals surface area contributed by atoms with E-state index < -0.39 is 0 Å². The highest BCUT2D eigenvalue weighted by Crippen LogP contribution is 2.15. The van der Waals surface area contributed by atoms with E-state index in [4.69, 9.17) is 0 Å². The zero-order valence-corrected chi connectivity index (χ0v) is 28.9. The van der Waals surface area contributed by atoms with Gasteiger partial charge in [0, 0.05) is 6.42 Å². The van der Waals surface area contributed by atoms with Crippen LogP contribution >= 0.6 is 0 Å². The van der Waals surface area contributed by atoms with E-state index in [1.54, 1.807) is 5.82 Å². The van der Waals surface area contributed by atoms with Gasteiger partial charge in [0.1, 0.15) is 12.4 Å². The molecule has 0 amide bonds. The smallest absolute Gasteiger partial charge is 0.234 e. The molecule has 2 nitrogen and oxygen atoms in total. The molecule has 2 heteroatoms. The number of nitrogens with zero attached hydrogens (tertiary/aromatic N) is 2. The molecule has 0 fully saturated rings. The molecule has 242 valence electrons.